The first-order valence-corrected chi connectivity index (χ1v) is 11.6. The summed E-state index contributed by atoms with van der Waals surface area (Å²) in [4.78, 5) is 16.1. The van der Waals surface area contributed by atoms with Crippen LogP contribution in [-0.4, -0.2) is 56.4 Å². The molecule has 0 bridgehead atoms. The summed E-state index contributed by atoms with van der Waals surface area (Å²) in [6, 6.07) is 7.76. The molecule has 0 spiro atoms. The molecule has 3 rings (SSSR count). The first-order chi connectivity index (χ1) is 12.3. The van der Waals surface area contributed by atoms with E-state index in [2.05, 4.69) is 0 Å². The number of amides is 1. The number of quaternary nitrogens is 1. The van der Waals surface area contributed by atoms with Crippen molar-refractivity contribution >= 4 is 27.3 Å². The summed E-state index contributed by atoms with van der Waals surface area (Å²) in [5.74, 6) is 0.429. The minimum absolute atomic E-state index is 0.0884. The van der Waals surface area contributed by atoms with Crippen molar-refractivity contribution in [3.63, 3.8) is 0 Å². The van der Waals surface area contributed by atoms with E-state index in [0.717, 1.165) is 42.7 Å². The number of nitrogens with zero attached hydrogens (tertiary/aromatic N) is 1. The number of hydrogen-bond acceptors (Lipinski definition) is 3. The third-order valence-electron chi connectivity index (χ3n) is 5.48. The molecule has 144 valence electrons. The van der Waals surface area contributed by atoms with E-state index in [0.29, 0.717) is 18.0 Å². The topological polar surface area (TPSA) is 58.9 Å². The van der Waals surface area contributed by atoms with E-state index in [9.17, 15) is 13.2 Å². The highest BCUT2D eigenvalue weighted by molar-refractivity contribution is 7.91. The Morgan fingerprint density at radius 1 is 1.15 bits per heavy atom. The SMILES string of the molecule is C[NH+](CC(=O)N(C1CCCC1)[C@@H]1CCS(=O)(=O)C1)Cc1ccc(Cl)cc1. The minimum atomic E-state index is -3.00. The van der Waals surface area contributed by atoms with Crippen LogP contribution in [0.4, 0.5) is 0 Å². The number of rotatable bonds is 6. The van der Waals surface area contributed by atoms with Gasteiger partial charge in [0.15, 0.2) is 16.4 Å². The maximum atomic E-state index is 13.1. The predicted octanol–water partition coefficient (Wildman–Crippen LogP) is 1.31. The zero-order chi connectivity index (χ0) is 18.7. The molecule has 1 heterocycles. The smallest absolute Gasteiger partial charge is 0.278 e. The van der Waals surface area contributed by atoms with Gasteiger partial charge in [-0.25, -0.2) is 8.42 Å². The average molecular weight is 400 g/mol. The molecule has 1 unspecified atom stereocenters. The van der Waals surface area contributed by atoms with Gasteiger partial charge in [0.25, 0.3) is 5.91 Å². The Morgan fingerprint density at radius 3 is 2.38 bits per heavy atom. The van der Waals surface area contributed by atoms with E-state index in [4.69, 9.17) is 11.6 Å². The summed E-state index contributed by atoms with van der Waals surface area (Å²) in [5.41, 5.74) is 1.13. The molecular formula is C19H28ClN2O3S+. The fourth-order valence-electron chi connectivity index (χ4n) is 4.25. The van der Waals surface area contributed by atoms with Crippen LogP contribution in [0.2, 0.25) is 5.02 Å². The Labute approximate surface area is 161 Å². The molecule has 1 aliphatic carbocycles. The summed E-state index contributed by atoms with van der Waals surface area (Å²) in [6.45, 7) is 1.13. The lowest BCUT2D eigenvalue weighted by molar-refractivity contribution is -0.885. The van der Waals surface area contributed by atoms with E-state index in [1.165, 1.54) is 0 Å². The second-order valence-corrected chi connectivity index (χ2v) is 10.4. The summed E-state index contributed by atoms with van der Waals surface area (Å²) in [7, 11) is -0.993. The van der Waals surface area contributed by atoms with Crippen molar-refractivity contribution in [3.05, 3.63) is 34.9 Å². The van der Waals surface area contributed by atoms with E-state index in [1.807, 2.05) is 36.2 Å². The highest BCUT2D eigenvalue weighted by Crippen LogP contribution is 2.29. The fraction of sp³-hybridized carbons (Fsp3) is 0.632. The Morgan fingerprint density at radius 2 is 1.81 bits per heavy atom. The predicted molar refractivity (Wildman–Crippen MR) is 103 cm³/mol. The van der Waals surface area contributed by atoms with Gasteiger partial charge < -0.3 is 9.80 Å². The highest BCUT2D eigenvalue weighted by Gasteiger charge is 2.39. The molecule has 2 atom stereocenters. The van der Waals surface area contributed by atoms with Crippen LogP contribution in [0.25, 0.3) is 0 Å². The summed E-state index contributed by atoms with van der Waals surface area (Å²) in [5, 5.41) is 0.706. The van der Waals surface area contributed by atoms with Crippen molar-refractivity contribution in [1.82, 2.24) is 4.90 Å². The number of benzene rings is 1. The molecule has 2 aliphatic rings. The molecular weight excluding hydrogens is 372 g/mol. The van der Waals surface area contributed by atoms with Crippen molar-refractivity contribution in [3.8, 4) is 0 Å². The van der Waals surface area contributed by atoms with E-state index < -0.39 is 9.84 Å². The van der Waals surface area contributed by atoms with E-state index in [1.54, 1.807) is 0 Å². The number of carbonyl (C=O) groups excluding carboxylic acids is 1. The molecule has 1 aromatic carbocycles. The van der Waals surface area contributed by atoms with Crippen molar-refractivity contribution in [2.45, 2.75) is 50.7 Å². The lowest BCUT2D eigenvalue weighted by Crippen LogP contribution is -3.09. The van der Waals surface area contributed by atoms with Gasteiger partial charge in [-0.3, -0.25) is 4.79 Å². The lowest BCUT2D eigenvalue weighted by atomic mass is 10.1. The standard InChI is InChI=1S/C19H27ClN2O3S/c1-21(12-15-6-8-16(20)9-7-15)13-19(23)22(17-4-2-3-5-17)18-10-11-26(24,25)14-18/h6-9,17-18H,2-5,10-14H2,1H3/p+1/t18-/m1/s1. The Balaban J connectivity index is 1.65. The van der Waals surface area contributed by atoms with Gasteiger partial charge in [-0.1, -0.05) is 36.6 Å². The summed E-state index contributed by atoms with van der Waals surface area (Å²) < 4.78 is 23.8. The second kappa shape index (κ2) is 8.28. The van der Waals surface area contributed by atoms with Gasteiger partial charge in [0, 0.05) is 22.7 Å². The van der Waals surface area contributed by atoms with Crippen LogP contribution in [0.5, 0.6) is 0 Å². The quantitative estimate of drug-likeness (QED) is 0.784. The zero-order valence-electron chi connectivity index (χ0n) is 15.3. The normalized spacial score (nSPS) is 23.8. The Kier molecular flexibility index (Phi) is 6.25. The van der Waals surface area contributed by atoms with Crippen LogP contribution in [0, 0.1) is 0 Å². The molecule has 1 saturated heterocycles. The van der Waals surface area contributed by atoms with Crippen LogP contribution in [-0.2, 0) is 21.2 Å². The van der Waals surface area contributed by atoms with Gasteiger partial charge in [0.05, 0.1) is 18.6 Å². The lowest BCUT2D eigenvalue weighted by Gasteiger charge is -2.34. The number of carbonyl (C=O) groups is 1. The number of halogens is 1. The van der Waals surface area contributed by atoms with Crippen molar-refractivity contribution in [2.75, 3.05) is 25.1 Å². The largest absolute Gasteiger partial charge is 0.331 e. The average Bonchev–Trinajstić information content (AvgIpc) is 3.20. The van der Waals surface area contributed by atoms with E-state index >= 15 is 0 Å². The third kappa shape index (κ3) is 4.99. The molecule has 1 amide bonds. The molecule has 26 heavy (non-hydrogen) atoms. The van der Waals surface area contributed by atoms with Gasteiger partial charge in [-0.15, -0.1) is 0 Å². The van der Waals surface area contributed by atoms with Crippen molar-refractivity contribution < 1.29 is 18.1 Å². The van der Waals surface area contributed by atoms with Crippen LogP contribution in [0.3, 0.4) is 0 Å². The number of sulfone groups is 1. The van der Waals surface area contributed by atoms with Gasteiger partial charge in [0.2, 0.25) is 0 Å². The summed E-state index contributed by atoms with van der Waals surface area (Å²) >= 11 is 5.93. The molecule has 0 aromatic heterocycles. The van der Waals surface area contributed by atoms with Crippen LogP contribution < -0.4 is 4.90 Å². The van der Waals surface area contributed by atoms with Crippen LogP contribution in [0.1, 0.15) is 37.7 Å². The first kappa shape index (κ1) is 19.6. The molecule has 2 fully saturated rings. The fourth-order valence-corrected chi connectivity index (χ4v) is 6.08. The van der Waals surface area contributed by atoms with Crippen molar-refractivity contribution in [2.24, 2.45) is 0 Å². The maximum Gasteiger partial charge on any atom is 0.278 e. The number of hydrogen-bond donors (Lipinski definition) is 1. The van der Waals surface area contributed by atoms with Gasteiger partial charge >= 0.3 is 0 Å². The maximum absolute atomic E-state index is 13.1. The van der Waals surface area contributed by atoms with Gasteiger partial charge in [-0.2, -0.15) is 0 Å². The second-order valence-electron chi connectivity index (χ2n) is 7.73. The Bertz CT molecular complexity index is 730. The number of likely N-dealkylation sites (N-methyl/N-ethyl adjacent to an activating group) is 1. The molecule has 1 aromatic rings. The molecule has 7 heteroatoms. The summed E-state index contributed by atoms with van der Waals surface area (Å²) in [6.07, 6.45) is 4.83. The molecule has 5 nitrogen and oxygen atoms in total. The molecule has 1 aliphatic heterocycles. The van der Waals surface area contributed by atoms with Crippen LogP contribution in [0.15, 0.2) is 24.3 Å². The first-order valence-electron chi connectivity index (χ1n) is 9.41. The minimum Gasteiger partial charge on any atom is -0.331 e. The number of nitrogens with one attached hydrogen (secondary N) is 1. The molecule has 1 saturated carbocycles. The van der Waals surface area contributed by atoms with Crippen molar-refractivity contribution in [1.29, 1.82) is 0 Å². The monoisotopic (exact) mass is 399 g/mol. The van der Waals surface area contributed by atoms with Gasteiger partial charge in [0.1, 0.15) is 6.54 Å². The highest BCUT2D eigenvalue weighted by atomic mass is 35.5. The van der Waals surface area contributed by atoms with E-state index in [-0.39, 0.29) is 29.5 Å². The zero-order valence-corrected chi connectivity index (χ0v) is 16.9. The van der Waals surface area contributed by atoms with Gasteiger partial charge in [-0.05, 0) is 31.4 Å². The molecule has 1 N–H and O–H groups in total. The third-order valence-corrected chi connectivity index (χ3v) is 7.48. The van der Waals surface area contributed by atoms with Crippen LogP contribution >= 0.6 is 11.6 Å². The molecule has 0 radical (unpaired) electrons. The Hall–Kier alpha value is -1.11.